The van der Waals surface area contributed by atoms with Gasteiger partial charge in [0, 0.05) is 49.1 Å². The van der Waals surface area contributed by atoms with Gasteiger partial charge < -0.3 is 14.0 Å². The molecule has 0 radical (unpaired) electrons. The number of ether oxygens (including phenoxy) is 2. The number of hydrogen-bond donors (Lipinski definition) is 0. The Morgan fingerprint density at radius 3 is 2.83 bits per heavy atom. The van der Waals surface area contributed by atoms with E-state index in [1.165, 1.54) is 34.7 Å². The molecule has 4 aliphatic heterocycles. The van der Waals surface area contributed by atoms with Crippen molar-refractivity contribution in [2.75, 3.05) is 44.7 Å². The second kappa shape index (κ2) is 9.56. The van der Waals surface area contributed by atoms with E-state index >= 15 is 0 Å². The van der Waals surface area contributed by atoms with E-state index in [1.807, 2.05) is 19.2 Å². The topological polar surface area (TPSA) is 38.8 Å². The minimum absolute atomic E-state index is 0.00846. The zero-order chi connectivity index (χ0) is 24.7. The largest absolute Gasteiger partial charge is 0.493 e. The Morgan fingerprint density at radius 1 is 1.17 bits per heavy atom. The molecule has 0 N–H and O–H groups in total. The summed E-state index contributed by atoms with van der Waals surface area (Å²) in [5.74, 6) is 1.53. The van der Waals surface area contributed by atoms with E-state index in [0.29, 0.717) is 5.92 Å². The van der Waals surface area contributed by atoms with Crippen LogP contribution in [-0.4, -0.2) is 56.5 Å². The zero-order valence-corrected chi connectivity index (χ0v) is 22.1. The van der Waals surface area contributed by atoms with Crippen molar-refractivity contribution in [1.82, 2.24) is 0 Å². The number of aryl methyl sites for hydroxylation is 1. The number of quaternary nitrogens is 1. The SMILES string of the molecule is Cc1cccc(N(C)C(=O)O[C@H]2C[N+]3(CCc4ccc5c(c4)CCO5)CCC2CC3)c1-c1cccs1. The molecule has 188 valence electrons. The molecule has 0 spiro atoms. The molecule has 0 aliphatic carbocycles. The number of rotatable bonds is 6. The number of hydrogen-bond acceptors (Lipinski definition) is 4. The van der Waals surface area contributed by atoms with Gasteiger partial charge in [0.2, 0.25) is 0 Å². The van der Waals surface area contributed by atoms with E-state index in [4.69, 9.17) is 9.47 Å². The molecule has 3 aromatic rings. The van der Waals surface area contributed by atoms with Crippen LogP contribution in [0.2, 0.25) is 0 Å². The summed E-state index contributed by atoms with van der Waals surface area (Å²) in [5, 5.41) is 2.08. The molecule has 5 nitrogen and oxygen atoms in total. The summed E-state index contributed by atoms with van der Waals surface area (Å²) >= 11 is 1.70. The Bertz CT molecular complexity index is 1250. The lowest BCUT2D eigenvalue weighted by molar-refractivity contribution is -0.945. The molecule has 1 aromatic heterocycles. The third-order valence-electron chi connectivity index (χ3n) is 8.58. The molecule has 36 heavy (non-hydrogen) atoms. The van der Waals surface area contributed by atoms with Gasteiger partial charge in [0.25, 0.3) is 0 Å². The summed E-state index contributed by atoms with van der Waals surface area (Å²) < 4.78 is 13.0. The van der Waals surface area contributed by atoms with Gasteiger partial charge in [-0.05, 0) is 47.2 Å². The second-order valence-corrected chi connectivity index (χ2v) is 11.7. The van der Waals surface area contributed by atoms with E-state index in [9.17, 15) is 4.79 Å². The first-order chi connectivity index (χ1) is 17.5. The fourth-order valence-corrected chi connectivity index (χ4v) is 7.26. The van der Waals surface area contributed by atoms with Crippen molar-refractivity contribution in [3.63, 3.8) is 0 Å². The van der Waals surface area contributed by atoms with Crippen molar-refractivity contribution in [3.05, 3.63) is 70.6 Å². The molecule has 3 fully saturated rings. The number of carbonyl (C=O) groups is 1. The molecular weight excluding hydrogens is 468 g/mol. The molecule has 2 bridgehead atoms. The minimum atomic E-state index is -0.242. The third kappa shape index (κ3) is 4.41. The minimum Gasteiger partial charge on any atom is -0.493 e. The molecule has 0 unspecified atom stereocenters. The third-order valence-corrected chi connectivity index (χ3v) is 9.46. The van der Waals surface area contributed by atoms with Crippen molar-refractivity contribution in [2.45, 2.75) is 38.7 Å². The fraction of sp³-hybridized carbons (Fsp3) is 0.433. The van der Waals surface area contributed by atoms with Gasteiger partial charge >= 0.3 is 6.09 Å². The van der Waals surface area contributed by atoms with E-state index in [2.05, 4.69) is 48.7 Å². The maximum absolute atomic E-state index is 13.4. The predicted molar refractivity (Wildman–Crippen MR) is 145 cm³/mol. The van der Waals surface area contributed by atoms with Crippen molar-refractivity contribution < 1.29 is 18.8 Å². The van der Waals surface area contributed by atoms with Gasteiger partial charge in [0.15, 0.2) is 6.10 Å². The van der Waals surface area contributed by atoms with Crippen LogP contribution in [0.4, 0.5) is 10.5 Å². The van der Waals surface area contributed by atoms with E-state index in [0.717, 1.165) is 66.9 Å². The number of piperidine rings is 3. The van der Waals surface area contributed by atoms with E-state index < -0.39 is 0 Å². The number of amides is 1. The standard InChI is InChI=1S/C30H35N2O3S/c1-21-5-3-6-25(29(21)28-7-4-18-36-28)31(2)30(33)35-27-20-32(15-11-23(27)12-16-32)14-10-22-8-9-26-24(19-22)13-17-34-26/h3-9,18-19,23,27H,10-17,20H2,1-2H3/q+1/t23?,27-,32?/m0/s1. The van der Waals surface area contributed by atoms with Crippen LogP contribution in [0.5, 0.6) is 5.75 Å². The highest BCUT2D eigenvalue weighted by Crippen LogP contribution is 2.39. The van der Waals surface area contributed by atoms with Gasteiger partial charge in [-0.2, -0.15) is 0 Å². The first kappa shape index (κ1) is 23.6. The van der Waals surface area contributed by atoms with Crippen molar-refractivity contribution in [1.29, 1.82) is 0 Å². The number of thiophene rings is 1. The van der Waals surface area contributed by atoms with Crippen LogP contribution in [-0.2, 0) is 17.6 Å². The summed E-state index contributed by atoms with van der Waals surface area (Å²) in [6.45, 7) is 7.35. The first-order valence-electron chi connectivity index (χ1n) is 13.2. The van der Waals surface area contributed by atoms with Crippen molar-refractivity contribution in [3.8, 4) is 16.2 Å². The van der Waals surface area contributed by atoms with Crippen LogP contribution in [0.1, 0.15) is 29.5 Å². The maximum Gasteiger partial charge on any atom is 0.414 e. The predicted octanol–water partition coefficient (Wildman–Crippen LogP) is 6.08. The lowest BCUT2D eigenvalue weighted by atomic mass is 9.83. The second-order valence-electron chi connectivity index (χ2n) is 10.8. The number of fused-ring (bicyclic) bond motifs is 4. The highest BCUT2D eigenvalue weighted by Gasteiger charge is 2.47. The fourth-order valence-electron chi connectivity index (χ4n) is 6.41. The zero-order valence-electron chi connectivity index (χ0n) is 21.2. The van der Waals surface area contributed by atoms with Crippen LogP contribution in [0.25, 0.3) is 10.4 Å². The van der Waals surface area contributed by atoms with Crippen molar-refractivity contribution >= 4 is 23.1 Å². The molecule has 2 aromatic carbocycles. The van der Waals surface area contributed by atoms with Crippen LogP contribution >= 0.6 is 11.3 Å². The summed E-state index contributed by atoms with van der Waals surface area (Å²) in [4.78, 5) is 16.3. The molecule has 3 saturated heterocycles. The summed E-state index contributed by atoms with van der Waals surface area (Å²) in [6, 6.07) is 17.0. The number of benzene rings is 2. The van der Waals surface area contributed by atoms with Crippen molar-refractivity contribution in [2.24, 2.45) is 5.92 Å². The molecular formula is C30H35N2O3S+. The average Bonchev–Trinajstić information content (AvgIpc) is 3.60. The first-order valence-corrected chi connectivity index (χ1v) is 14.1. The number of nitrogens with zero attached hydrogens (tertiary/aromatic N) is 2. The molecule has 1 amide bonds. The van der Waals surface area contributed by atoms with E-state index in [1.54, 1.807) is 16.2 Å². The normalized spacial score (nSPS) is 24.3. The molecule has 5 heterocycles. The lowest BCUT2D eigenvalue weighted by Crippen LogP contribution is -2.65. The average molecular weight is 504 g/mol. The van der Waals surface area contributed by atoms with Gasteiger partial charge in [0.1, 0.15) is 12.3 Å². The van der Waals surface area contributed by atoms with Gasteiger partial charge in [-0.1, -0.05) is 30.3 Å². The Kier molecular flexibility index (Phi) is 6.26. The molecule has 0 saturated carbocycles. The Hall–Kier alpha value is -2.83. The van der Waals surface area contributed by atoms with Gasteiger partial charge in [0.05, 0.1) is 31.9 Å². The summed E-state index contributed by atoms with van der Waals surface area (Å²) in [5.41, 5.74) is 5.93. The lowest BCUT2D eigenvalue weighted by Gasteiger charge is -2.52. The summed E-state index contributed by atoms with van der Waals surface area (Å²) in [7, 11) is 1.84. The quantitative estimate of drug-likeness (QED) is 0.383. The number of carbonyl (C=O) groups excluding carboxylic acids is 1. The monoisotopic (exact) mass is 503 g/mol. The highest BCUT2D eigenvalue weighted by atomic mass is 32.1. The highest BCUT2D eigenvalue weighted by molar-refractivity contribution is 7.13. The van der Waals surface area contributed by atoms with Crippen LogP contribution in [0.3, 0.4) is 0 Å². The van der Waals surface area contributed by atoms with Gasteiger partial charge in [-0.25, -0.2) is 4.79 Å². The Morgan fingerprint density at radius 2 is 2.03 bits per heavy atom. The molecule has 7 rings (SSSR count). The Labute approximate surface area is 217 Å². The number of anilines is 1. The molecule has 1 atom stereocenters. The van der Waals surface area contributed by atoms with Crippen LogP contribution in [0.15, 0.2) is 53.9 Å². The van der Waals surface area contributed by atoms with Gasteiger partial charge in [-0.3, -0.25) is 4.90 Å². The van der Waals surface area contributed by atoms with Gasteiger partial charge in [-0.15, -0.1) is 11.3 Å². The van der Waals surface area contributed by atoms with E-state index in [-0.39, 0.29) is 12.2 Å². The smallest absolute Gasteiger partial charge is 0.414 e. The Balaban J connectivity index is 1.14. The molecule has 6 heteroatoms. The maximum atomic E-state index is 13.4. The summed E-state index contributed by atoms with van der Waals surface area (Å²) in [6.07, 6.45) is 4.12. The van der Waals surface area contributed by atoms with Crippen LogP contribution < -0.4 is 9.64 Å². The van der Waals surface area contributed by atoms with Crippen LogP contribution in [0, 0.1) is 12.8 Å². The molecule has 4 aliphatic rings.